The lowest BCUT2D eigenvalue weighted by Gasteiger charge is -2.52. The van der Waals surface area contributed by atoms with Crippen molar-refractivity contribution >= 4 is 12.6 Å². The first-order chi connectivity index (χ1) is 15.8. The Labute approximate surface area is 202 Å². The third-order valence-electron chi connectivity index (χ3n) is 8.17. The van der Waals surface area contributed by atoms with Crippen molar-refractivity contribution in [3.63, 3.8) is 0 Å². The topological polar surface area (TPSA) is 115 Å². The molecule has 2 aliphatic carbocycles. The fourth-order valence-electron chi connectivity index (χ4n) is 6.29. The van der Waals surface area contributed by atoms with Gasteiger partial charge >= 0.3 is 0 Å². The number of benzene rings is 1. The Hall–Kier alpha value is -2.60. The zero-order valence-electron chi connectivity index (χ0n) is 20.9. The van der Waals surface area contributed by atoms with Gasteiger partial charge in [-0.3, -0.25) is 9.59 Å². The van der Waals surface area contributed by atoms with Gasteiger partial charge in [0.05, 0.1) is 16.7 Å². The fraction of sp³-hybridized carbons (Fsp3) is 0.571. The lowest BCUT2D eigenvalue weighted by molar-refractivity contribution is 0.0158. The Morgan fingerprint density at radius 1 is 1.09 bits per heavy atom. The number of fused-ring (bicyclic) bond motifs is 1. The van der Waals surface area contributed by atoms with Crippen LogP contribution in [-0.4, -0.2) is 38.6 Å². The van der Waals surface area contributed by atoms with E-state index in [4.69, 9.17) is 0 Å². The highest BCUT2D eigenvalue weighted by Crippen LogP contribution is 2.61. The smallest absolute Gasteiger partial charge is 0.157 e. The maximum Gasteiger partial charge on any atom is 0.157 e. The van der Waals surface area contributed by atoms with E-state index in [1.165, 1.54) is 0 Å². The summed E-state index contributed by atoms with van der Waals surface area (Å²) in [6.07, 6.45) is 6.48. The van der Waals surface area contributed by atoms with E-state index in [2.05, 4.69) is 33.4 Å². The fourth-order valence-corrected chi connectivity index (χ4v) is 6.29. The van der Waals surface area contributed by atoms with Crippen molar-refractivity contribution in [1.82, 2.24) is 0 Å². The minimum absolute atomic E-state index is 0.00608. The third-order valence-corrected chi connectivity index (χ3v) is 8.17. The van der Waals surface area contributed by atoms with E-state index in [1.54, 1.807) is 0 Å². The Bertz CT molecular complexity index is 993. The molecular weight excluding hydrogens is 432 g/mol. The van der Waals surface area contributed by atoms with Crippen LogP contribution in [0.2, 0.25) is 0 Å². The molecule has 1 unspecified atom stereocenters. The average Bonchev–Trinajstić information content (AvgIpc) is 2.72. The first-order valence-corrected chi connectivity index (χ1v) is 12.1. The molecule has 4 atom stereocenters. The van der Waals surface area contributed by atoms with Crippen LogP contribution in [0.5, 0.6) is 17.2 Å². The molecule has 2 aliphatic rings. The lowest BCUT2D eigenvalue weighted by Crippen LogP contribution is -2.43. The third kappa shape index (κ3) is 4.28. The van der Waals surface area contributed by atoms with Crippen molar-refractivity contribution in [1.29, 1.82) is 0 Å². The summed E-state index contributed by atoms with van der Waals surface area (Å²) >= 11 is 0. The number of carbonyl (C=O) groups is 2. The van der Waals surface area contributed by atoms with Gasteiger partial charge in [0, 0.05) is 11.5 Å². The van der Waals surface area contributed by atoms with Crippen molar-refractivity contribution in [2.45, 2.75) is 78.2 Å². The SMILES string of the molecule is C=C1CC[C@@H](C(CC(C)C)c2c(O)c(C=O)c(O)c(C=O)c2O)[C@]2(C)CC[C@@H](C(C)(C)O)C=C12. The van der Waals surface area contributed by atoms with Crippen molar-refractivity contribution in [2.24, 2.45) is 23.2 Å². The second-order valence-electron chi connectivity index (χ2n) is 11.3. The standard InChI is InChI=1S/C28H38O6/c1-15(2)11-18(23-25(32)19(13-29)24(31)20(14-30)26(23)33)21-8-7-16(3)22-12-17(27(4,5)34)9-10-28(21,22)6/h12-15,17-18,21,31-34H,3,7-11H2,1-2,4-6H3/t17-,18?,21+,28+/m1/s1. The van der Waals surface area contributed by atoms with Crippen molar-refractivity contribution in [2.75, 3.05) is 0 Å². The number of allylic oxidation sites excluding steroid dienone is 2. The summed E-state index contributed by atoms with van der Waals surface area (Å²) in [4.78, 5) is 23.4. The van der Waals surface area contributed by atoms with Gasteiger partial charge in [0.15, 0.2) is 12.6 Å². The number of aliphatic hydroxyl groups is 1. The molecule has 4 N–H and O–H groups in total. The molecule has 0 aromatic heterocycles. The maximum atomic E-state index is 11.7. The summed E-state index contributed by atoms with van der Waals surface area (Å²) in [5.74, 6) is -1.83. The summed E-state index contributed by atoms with van der Waals surface area (Å²) in [5, 5.41) is 43.0. The average molecular weight is 471 g/mol. The summed E-state index contributed by atoms with van der Waals surface area (Å²) in [6, 6.07) is 0. The monoisotopic (exact) mass is 470 g/mol. The highest BCUT2D eigenvalue weighted by molar-refractivity contribution is 5.95. The lowest BCUT2D eigenvalue weighted by atomic mass is 9.52. The molecule has 0 saturated heterocycles. The van der Waals surface area contributed by atoms with Gasteiger partial charge in [-0.1, -0.05) is 39.0 Å². The molecule has 1 aromatic rings. The number of phenolic OH excluding ortho intramolecular Hbond substituents is 3. The van der Waals surface area contributed by atoms with Gasteiger partial charge in [-0.05, 0) is 74.7 Å². The van der Waals surface area contributed by atoms with Crippen LogP contribution in [0, 0.1) is 23.2 Å². The van der Waals surface area contributed by atoms with Crippen molar-refractivity contribution in [3.05, 3.63) is 40.5 Å². The van der Waals surface area contributed by atoms with Crippen molar-refractivity contribution in [3.8, 4) is 17.2 Å². The first-order valence-electron chi connectivity index (χ1n) is 12.1. The minimum Gasteiger partial charge on any atom is -0.507 e. The molecule has 6 heteroatoms. The van der Waals surface area contributed by atoms with E-state index in [0.29, 0.717) is 19.0 Å². The van der Waals surface area contributed by atoms with Gasteiger partial charge < -0.3 is 20.4 Å². The Morgan fingerprint density at radius 3 is 2.12 bits per heavy atom. The number of aromatic hydroxyl groups is 3. The van der Waals surface area contributed by atoms with Gasteiger partial charge in [-0.2, -0.15) is 0 Å². The molecule has 1 saturated carbocycles. The molecule has 34 heavy (non-hydrogen) atoms. The van der Waals surface area contributed by atoms with Crippen LogP contribution in [0.3, 0.4) is 0 Å². The zero-order valence-corrected chi connectivity index (χ0v) is 20.9. The molecule has 0 amide bonds. The number of rotatable bonds is 7. The predicted octanol–water partition coefficient (Wildman–Crippen LogP) is 5.64. The van der Waals surface area contributed by atoms with E-state index in [9.17, 15) is 30.0 Å². The van der Waals surface area contributed by atoms with E-state index in [1.807, 2.05) is 13.8 Å². The summed E-state index contributed by atoms with van der Waals surface area (Å²) < 4.78 is 0. The first kappa shape index (κ1) is 26.0. The molecule has 1 aromatic carbocycles. The molecule has 3 rings (SSSR count). The Morgan fingerprint density at radius 2 is 1.65 bits per heavy atom. The molecule has 0 aliphatic heterocycles. The summed E-state index contributed by atoms with van der Waals surface area (Å²) in [7, 11) is 0. The van der Waals surface area contributed by atoms with Crippen LogP contribution in [0.1, 0.15) is 98.9 Å². The van der Waals surface area contributed by atoms with E-state index in [-0.39, 0.29) is 45.8 Å². The quantitative estimate of drug-likeness (QED) is 0.384. The number of carbonyl (C=O) groups excluding carboxylic acids is 2. The van der Waals surface area contributed by atoms with Gasteiger partial charge in [0.1, 0.15) is 17.2 Å². The number of phenols is 3. The molecule has 186 valence electrons. The molecular formula is C28H38O6. The predicted molar refractivity (Wildman–Crippen MR) is 131 cm³/mol. The number of hydrogen-bond acceptors (Lipinski definition) is 6. The van der Waals surface area contributed by atoms with Gasteiger partial charge in [-0.25, -0.2) is 0 Å². The zero-order chi connectivity index (χ0) is 25.6. The van der Waals surface area contributed by atoms with E-state index >= 15 is 0 Å². The highest BCUT2D eigenvalue weighted by Gasteiger charge is 2.50. The molecule has 0 spiro atoms. The van der Waals surface area contributed by atoms with Crippen molar-refractivity contribution < 1.29 is 30.0 Å². The van der Waals surface area contributed by atoms with Gasteiger partial charge in [-0.15, -0.1) is 0 Å². The van der Waals surface area contributed by atoms with Crippen LogP contribution in [0.25, 0.3) is 0 Å². The van der Waals surface area contributed by atoms with Crippen LogP contribution < -0.4 is 0 Å². The second kappa shape index (κ2) is 9.21. The largest absolute Gasteiger partial charge is 0.507 e. The normalized spacial score (nSPS) is 26.1. The van der Waals surface area contributed by atoms with E-state index < -0.39 is 22.8 Å². The molecule has 1 fully saturated rings. The molecule has 0 radical (unpaired) electrons. The van der Waals surface area contributed by atoms with E-state index in [0.717, 1.165) is 36.8 Å². The Balaban J connectivity index is 2.24. The Kier molecular flexibility index (Phi) is 7.05. The number of aldehydes is 2. The van der Waals surface area contributed by atoms with Crippen LogP contribution in [0.4, 0.5) is 0 Å². The summed E-state index contributed by atoms with van der Waals surface area (Å²) in [6.45, 7) is 14.2. The molecule has 0 heterocycles. The van der Waals surface area contributed by atoms with Crippen LogP contribution in [0.15, 0.2) is 23.8 Å². The van der Waals surface area contributed by atoms with Gasteiger partial charge in [0.2, 0.25) is 0 Å². The number of hydrogen-bond donors (Lipinski definition) is 4. The minimum atomic E-state index is -0.857. The van der Waals surface area contributed by atoms with Crippen LogP contribution in [-0.2, 0) is 0 Å². The summed E-state index contributed by atoms with van der Waals surface area (Å²) in [5.41, 5.74) is 0.363. The highest BCUT2D eigenvalue weighted by atomic mass is 16.3. The van der Waals surface area contributed by atoms with Gasteiger partial charge in [0.25, 0.3) is 0 Å². The molecule has 6 nitrogen and oxygen atoms in total. The molecule has 0 bridgehead atoms. The second-order valence-corrected chi connectivity index (χ2v) is 11.3. The van der Waals surface area contributed by atoms with Crippen LogP contribution >= 0.6 is 0 Å². The maximum absolute atomic E-state index is 11.7.